The molecule has 6 heteroatoms. The van der Waals surface area contributed by atoms with Crippen molar-refractivity contribution in [1.29, 1.82) is 0 Å². The van der Waals surface area contributed by atoms with Gasteiger partial charge in [0, 0.05) is 25.0 Å². The van der Waals surface area contributed by atoms with Crippen molar-refractivity contribution in [2.45, 2.75) is 19.3 Å². The summed E-state index contributed by atoms with van der Waals surface area (Å²) in [5.74, 6) is 1.35. The third kappa shape index (κ3) is 4.88. The van der Waals surface area contributed by atoms with E-state index in [-0.39, 0.29) is 5.91 Å². The van der Waals surface area contributed by atoms with Crippen LogP contribution in [0.15, 0.2) is 42.6 Å². The van der Waals surface area contributed by atoms with Gasteiger partial charge in [-0.3, -0.25) is 9.78 Å². The van der Waals surface area contributed by atoms with Crippen LogP contribution in [0.1, 0.15) is 29.8 Å². The number of anilines is 1. The zero-order chi connectivity index (χ0) is 18.2. The van der Waals surface area contributed by atoms with Gasteiger partial charge in [-0.25, -0.2) is 0 Å². The lowest BCUT2D eigenvalue weighted by Gasteiger charge is -2.28. The highest BCUT2D eigenvalue weighted by atomic mass is 16.5. The molecule has 3 rings (SSSR count). The molecule has 0 saturated carbocycles. The second kappa shape index (κ2) is 9.08. The van der Waals surface area contributed by atoms with E-state index in [2.05, 4.69) is 15.2 Å². The Bertz CT molecular complexity index is 712. The number of amides is 1. The van der Waals surface area contributed by atoms with E-state index in [1.54, 1.807) is 13.3 Å². The van der Waals surface area contributed by atoms with Gasteiger partial charge in [-0.05, 0) is 55.7 Å². The van der Waals surface area contributed by atoms with Gasteiger partial charge in [-0.2, -0.15) is 0 Å². The van der Waals surface area contributed by atoms with Crippen LogP contribution in [0, 0.1) is 0 Å². The Morgan fingerprint density at radius 3 is 2.58 bits per heavy atom. The minimum atomic E-state index is -0.179. The average Bonchev–Trinajstić information content (AvgIpc) is 2.72. The molecule has 1 aliphatic rings. The van der Waals surface area contributed by atoms with Crippen LogP contribution < -0.4 is 19.7 Å². The molecule has 1 saturated heterocycles. The minimum absolute atomic E-state index is 0.179. The van der Waals surface area contributed by atoms with E-state index in [1.807, 2.05) is 36.4 Å². The molecule has 0 radical (unpaired) electrons. The summed E-state index contributed by atoms with van der Waals surface area (Å²) in [6, 6.07) is 11.2. The molecule has 2 aromatic rings. The molecule has 26 heavy (non-hydrogen) atoms. The van der Waals surface area contributed by atoms with Gasteiger partial charge in [-0.15, -0.1) is 0 Å². The van der Waals surface area contributed by atoms with Crippen molar-refractivity contribution in [3.05, 3.63) is 48.3 Å². The second-order valence-corrected chi connectivity index (χ2v) is 6.23. The Hall–Kier alpha value is -2.76. The molecule has 138 valence electrons. The van der Waals surface area contributed by atoms with E-state index < -0.39 is 0 Å². The zero-order valence-corrected chi connectivity index (χ0v) is 15.1. The third-order valence-electron chi connectivity index (χ3n) is 4.41. The fourth-order valence-electron chi connectivity index (χ4n) is 2.99. The van der Waals surface area contributed by atoms with Crippen LogP contribution in [0.25, 0.3) is 0 Å². The highest BCUT2D eigenvalue weighted by Crippen LogP contribution is 2.20. The molecule has 6 nitrogen and oxygen atoms in total. The molecule has 0 atom stereocenters. The monoisotopic (exact) mass is 355 g/mol. The van der Waals surface area contributed by atoms with Gasteiger partial charge in [0.05, 0.1) is 13.7 Å². The number of carbonyl (C=O) groups is 1. The van der Waals surface area contributed by atoms with Gasteiger partial charge >= 0.3 is 0 Å². The molecule has 1 fully saturated rings. The van der Waals surface area contributed by atoms with Crippen LogP contribution >= 0.6 is 0 Å². The largest absolute Gasteiger partial charge is 0.497 e. The van der Waals surface area contributed by atoms with Gasteiger partial charge in [-0.1, -0.05) is 0 Å². The first-order chi connectivity index (χ1) is 12.8. The summed E-state index contributed by atoms with van der Waals surface area (Å²) in [5.41, 5.74) is 1.51. The predicted molar refractivity (Wildman–Crippen MR) is 101 cm³/mol. The average molecular weight is 355 g/mol. The first-order valence-electron chi connectivity index (χ1n) is 9.02. The molecule has 2 heterocycles. The summed E-state index contributed by atoms with van der Waals surface area (Å²) < 4.78 is 10.7. The number of pyridine rings is 1. The summed E-state index contributed by atoms with van der Waals surface area (Å²) in [7, 11) is 1.62. The van der Waals surface area contributed by atoms with Crippen LogP contribution in [-0.4, -0.2) is 44.2 Å². The fraction of sp³-hybridized carbons (Fsp3) is 0.400. The smallest absolute Gasteiger partial charge is 0.270 e. The third-order valence-corrected chi connectivity index (χ3v) is 4.41. The van der Waals surface area contributed by atoms with E-state index in [0.29, 0.717) is 18.8 Å². The van der Waals surface area contributed by atoms with E-state index in [0.717, 1.165) is 30.3 Å². The maximum Gasteiger partial charge on any atom is 0.270 e. The summed E-state index contributed by atoms with van der Waals surface area (Å²) in [6.07, 6.45) is 5.38. The molecule has 1 N–H and O–H groups in total. The fourth-order valence-corrected chi connectivity index (χ4v) is 2.99. The Kier molecular flexibility index (Phi) is 6.30. The molecule has 1 aliphatic heterocycles. The Morgan fingerprint density at radius 2 is 1.85 bits per heavy atom. The van der Waals surface area contributed by atoms with Crippen LogP contribution in [0.3, 0.4) is 0 Å². The number of nitrogens with zero attached hydrogens (tertiary/aromatic N) is 2. The van der Waals surface area contributed by atoms with Gasteiger partial charge in [0.2, 0.25) is 0 Å². The van der Waals surface area contributed by atoms with Crippen LogP contribution in [-0.2, 0) is 0 Å². The summed E-state index contributed by atoms with van der Waals surface area (Å²) in [5, 5.41) is 2.85. The lowest BCUT2D eigenvalue weighted by atomic mass is 10.1. The topological polar surface area (TPSA) is 63.7 Å². The second-order valence-electron chi connectivity index (χ2n) is 6.23. The predicted octanol–water partition coefficient (Wildman–Crippen LogP) is 2.89. The van der Waals surface area contributed by atoms with E-state index in [1.165, 1.54) is 19.3 Å². The first-order valence-corrected chi connectivity index (χ1v) is 9.02. The van der Waals surface area contributed by atoms with Gasteiger partial charge in [0.1, 0.15) is 23.8 Å². The number of ether oxygens (including phenoxy) is 2. The number of carbonyl (C=O) groups excluding carboxylic acids is 1. The highest BCUT2D eigenvalue weighted by molar-refractivity contribution is 5.93. The van der Waals surface area contributed by atoms with Crippen molar-refractivity contribution in [2.75, 3.05) is 38.3 Å². The first kappa shape index (κ1) is 18.0. The molecule has 0 spiro atoms. The maximum absolute atomic E-state index is 12.3. The van der Waals surface area contributed by atoms with Crippen molar-refractivity contribution < 1.29 is 14.3 Å². The number of benzene rings is 1. The standard InChI is InChI=1S/C20H25N3O3/c1-25-17-5-7-18(8-6-17)26-14-11-22-20(24)19-15-16(9-10-21-19)23-12-3-2-4-13-23/h5-10,15H,2-4,11-14H2,1H3,(H,22,24). The number of methoxy groups -OCH3 is 1. The number of hydrogen-bond acceptors (Lipinski definition) is 5. The molecule has 0 unspecified atom stereocenters. The van der Waals surface area contributed by atoms with Crippen molar-refractivity contribution >= 4 is 11.6 Å². The number of rotatable bonds is 7. The number of piperidine rings is 1. The molecular formula is C20H25N3O3. The van der Waals surface area contributed by atoms with Gasteiger partial charge < -0.3 is 19.7 Å². The maximum atomic E-state index is 12.3. The quantitative estimate of drug-likeness (QED) is 0.774. The van der Waals surface area contributed by atoms with Crippen LogP contribution in [0.2, 0.25) is 0 Å². The van der Waals surface area contributed by atoms with Crippen molar-refractivity contribution in [1.82, 2.24) is 10.3 Å². The lowest BCUT2D eigenvalue weighted by Crippen LogP contribution is -2.31. The Labute approximate surface area is 154 Å². The van der Waals surface area contributed by atoms with Crippen LogP contribution in [0.4, 0.5) is 5.69 Å². The highest BCUT2D eigenvalue weighted by Gasteiger charge is 2.13. The molecule has 1 amide bonds. The van der Waals surface area contributed by atoms with Gasteiger partial charge in [0.25, 0.3) is 5.91 Å². The van der Waals surface area contributed by atoms with E-state index >= 15 is 0 Å². The van der Waals surface area contributed by atoms with Crippen molar-refractivity contribution in [3.63, 3.8) is 0 Å². The number of hydrogen-bond donors (Lipinski definition) is 1. The summed E-state index contributed by atoms with van der Waals surface area (Å²) in [6.45, 7) is 2.89. The molecule has 1 aromatic carbocycles. The Balaban J connectivity index is 1.47. The minimum Gasteiger partial charge on any atom is -0.497 e. The SMILES string of the molecule is COc1ccc(OCCNC(=O)c2cc(N3CCCCC3)ccn2)cc1. The Morgan fingerprint density at radius 1 is 1.12 bits per heavy atom. The van der Waals surface area contributed by atoms with E-state index in [9.17, 15) is 4.79 Å². The molecule has 0 aliphatic carbocycles. The van der Waals surface area contributed by atoms with Crippen LogP contribution in [0.5, 0.6) is 11.5 Å². The van der Waals surface area contributed by atoms with Gasteiger partial charge in [0.15, 0.2) is 0 Å². The van der Waals surface area contributed by atoms with Crippen molar-refractivity contribution in [2.24, 2.45) is 0 Å². The number of nitrogens with one attached hydrogen (secondary N) is 1. The lowest BCUT2D eigenvalue weighted by molar-refractivity contribution is 0.0942. The molecular weight excluding hydrogens is 330 g/mol. The van der Waals surface area contributed by atoms with Crippen molar-refractivity contribution in [3.8, 4) is 11.5 Å². The summed E-state index contributed by atoms with van der Waals surface area (Å²) >= 11 is 0. The van der Waals surface area contributed by atoms with E-state index in [4.69, 9.17) is 9.47 Å². The zero-order valence-electron chi connectivity index (χ0n) is 15.1. The normalized spacial score (nSPS) is 14.0. The number of aromatic nitrogens is 1. The molecule has 0 bridgehead atoms. The summed E-state index contributed by atoms with van der Waals surface area (Å²) in [4.78, 5) is 18.8. The molecule has 1 aromatic heterocycles.